The molecule has 0 radical (unpaired) electrons. The summed E-state index contributed by atoms with van der Waals surface area (Å²) in [7, 11) is 0. The summed E-state index contributed by atoms with van der Waals surface area (Å²) >= 11 is 0. The van der Waals surface area contributed by atoms with Crippen LogP contribution in [0.1, 0.15) is 39.7 Å². The van der Waals surface area contributed by atoms with E-state index < -0.39 is 0 Å². The Kier molecular flexibility index (Phi) is 5.13. The molecule has 17 heavy (non-hydrogen) atoms. The van der Waals surface area contributed by atoms with Gasteiger partial charge in [0, 0.05) is 5.54 Å². The van der Waals surface area contributed by atoms with Crippen molar-refractivity contribution in [1.29, 1.82) is 0 Å². The van der Waals surface area contributed by atoms with Crippen LogP contribution in [0.25, 0.3) is 0 Å². The van der Waals surface area contributed by atoms with Gasteiger partial charge in [-0.2, -0.15) is 0 Å². The topological polar surface area (TPSA) is 12.0 Å². The number of halogens is 1. The Balaban J connectivity index is 2.30. The molecular formula is C15H24FN. The van der Waals surface area contributed by atoms with Crippen molar-refractivity contribution in [2.75, 3.05) is 6.54 Å². The van der Waals surface area contributed by atoms with E-state index in [1.54, 1.807) is 0 Å². The lowest BCUT2D eigenvalue weighted by molar-refractivity contribution is 0.394. The van der Waals surface area contributed by atoms with Crippen LogP contribution in [-0.2, 0) is 6.42 Å². The molecule has 1 N–H and O–H groups in total. The summed E-state index contributed by atoms with van der Waals surface area (Å²) in [6.07, 6.45) is 2.17. The Morgan fingerprint density at radius 2 is 1.76 bits per heavy atom. The molecule has 0 aliphatic heterocycles. The standard InChI is InChI=1S/C15H24FN/c1-12(9-10-17-15(2,3)4)11-13-5-7-14(16)8-6-13/h5-8,12,17H,9-11H2,1-4H3. The van der Waals surface area contributed by atoms with Crippen LogP contribution < -0.4 is 5.32 Å². The Bertz CT molecular complexity index is 324. The Hall–Kier alpha value is -0.890. The molecule has 0 spiro atoms. The molecular weight excluding hydrogens is 213 g/mol. The van der Waals surface area contributed by atoms with E-state index in [0.717, 1.165) is 19.4 Å². The van der Waals surface area contributed by atoms with Gasteiger partial charge in [-0.3, -0.25) is 0 Å². The van der Waals surface area contributed by atoms with Crippen molar-refractivity contribution in [3.05, 3.63) is 35.6 Å². The third-order valence-electron chi connectivity index (χ3n) is 2.79. The molecule has 0 heterocycles. The summed E-state index contributed by atoms with van der Waals surface area (Å²) < 4.78 is 12.7. The van der Waals surface area contributed by atoms with E-state index in [2.05, 4.69) is 33.0 Å². The van der Waals surface area contributed by atoms with Crippen LogP contribution in [0.4, 0.5) is 4.39 Å². The summed E-state index contributed by atoms with van der Waals surface area (Å²) in [5, 5.41) is 3.49. The Morgan fingerprint density at radius 3 is 2.29 bits per heavy atom. The quantitative estimate of drug-likeness (QED) is 0.821. The zero-order chi connectivity index (χ0) is 12.9. The summed E-state index contributed by atoms with van der Waals surface area (Å²) in [5.74, 6) is 0.464. The van der Waals surface area contributed by atoms with Gasteiger partial charge in [0.15, 0.2) is 0 Å². The monoisotopic (exact) mass is 237 g/mol. The Morgan fingerprint density at radius 1 is 1.18 bits per heavy atom. The Labute approximate surface area is 104 Å². The van der Waals surface area contributed by atoms with Crippen LogP contribution >= 0.6 is 0 Å². The lowest BCUT2D eigenvalue weighted by Gasteiger charge is -2.22. The predicted molar refractivity (Wildman–Crippen MR) is 71.6 cm³/mol. The van der Waals surface area contributed by atoms with Gasteiger partial charge in [-0.05, 0) is 63.8 Å². The number of hydrogen-bond donors (Lipinski definition) is 1. The average Bonchev–Trinajstić information content (AvgIpc) is 2.19. The van der Waals surface area contributed by atoms with Crippen molar-refractivity contribution < 1.29 is 4.39 Å². The van der Waals surface area contributed by atoms with Crippen LogP contribution in [0.15, 0.2) is 24.3 Å². The molecule has 0 fully saturated rings. The molecule has 1 atom stereocenters. The second-order valence-corrected chi connectivity index (χ2v) is 5.90. The maximum atomic E-state index is 12.7. The lowest BCUT2D eigenvalue weighted by atomic mass is 9.97. The van der Waals surface area contributed by atoms with Gasteiger partial charge in [-0.15, -0.1) is 0 Å². The van der Waals surface area contributed by atoms with Crippen molar-refractivity contribution in [3.8, 4) is 0 Å². The fourth-order valence-electron chi connectivity index (χ4n) is 1.82. The van der Waals surface area contributed by atoms with E-state index in [4.69, 9.17) is 0 Å². The van der Waals surface area contributed by atoms with Crippen LogP contribution in [0, 0.1) is 11.7 Å². The molecule has 0 saturated carbocycles. The van der Waals surface area contributed by atoms with Crippen molar-refractivity contribution in [2.24, 2.45) is 5.92 Å². The van der Waals surface area contributed by atoms with Gasteiger partial charge in [0.1, 0.15) is 5.82 Å². The van der Waals surface area contributed by atoms with Crippen molar-refractivity contribution in [1.82, 2.24) is 5.32 Å². The van der Waals surface area contributed by atoms with E-state index in [0.29, 0.717) is 5.92 Å². The molecule has 0 bridgehead atoms. The van der Waals surface area contributed by atoms with E-state index in [9.17, 15) is 4.39 Å². The molecule has 0 amide bonds. The number of rotatable bonds is 5. The molecule has 96 valence electrons. The second kappa shape index (κ2) is 6.15. The van der Waals surface area contributed by atoms with Crippen molar-refractivity contribution >= 4 is 0 Å². The van der Waals surface area contributed by atoms with Gasteiger partial charge in [-0.1, -0.05) is 19.1 Å². The molecule has 1 unspecified atom stereocenters. The third kappa shape index (κ3) is 6.42. The molecule has 1 aromatic rings. The van der Waals surface area contributed by atoms with Gasteiger partial charge in [0.2, 0.25) is 0 Å². The summed E-state index contributed by atoms with van der Waals surface area (Å²) in [6.45, 7) is 9.81. The van der Waals surface area contributed by atoms with E-state index >= 15 is 0 Å². The summed E-state index contributed by atoms with van der Waals surface area (Å²) in [5.41, 5.74) is 1.41. The van der Waals surface area contributed by atoms with Crippen LogP contribution in [-0.4, -0.2) is 12.1 Å². The minimum Gasteiger partial charge on any atom is -0.312 e. The number of hydrogen-bond acceptors (Lipinski definition) is 1. The maximum Gasteiger partial charge on any atom is 0.123 e. The van der Waals surface area contributed by atoms with E-state index in [1.807, 2.05) is 12.1 Å². The first-order valence-electron chi connectivity index (χ1n) is 6.36. The minimum atomic E-state index is -0.157. The smallest absolute Gasteiger partial charge is 0.123 e. The number of nitrogens with one attached hydrogen (secondary N) is 1. The van der Waals surface area contributed by atoms with Crippen molar-refractivity contribution in [2.45, 2.75) is 46.1 Å². The number of benzene rings is 1. The lowest BCUT2D eigenvalue weighted by Crippen LogP contribution is -2.37. The molecule has 0 aromatic heterocycles. The first kappa shape index (κ1) is 14.2. The van der Waals surface area contributed by atoms with Crippen LogP contribution in [0.5, 0.6) is 0 Å². The van der Waals surface area contributed by atoms with Gasteiger partial charge in [0.25, 0.3) is 0 Å². The summed E-state index contributed by atoms with van der Waals surface area (Å²) in [6, 6.07) is 6.83. The second-order valence-electron chi connectivity index (χ2n) is 5.90. The van der Waals surface area contributed by atoms with E-state index in [-0.39, 0.29) is 11.4 Å². The highest BCUT2D eigenvalue weighted by atomic mass is 19.1. The van der Waals surface area contributed by atoms with Crippen molar-refractivity contribution in [3.63, 3.8) is 0 Å². The van der Waals surface area contributed by atoms with Gasteiger partial charge in [-0.25, -0.2) is 4.39 Å². The van der Waals surface area contributed by atoms with Gasteiger partial charge < -0.3 is 5.32 Å². The molecule has 1 aromatic carbocycles. The normalized spacial score (nSPS) is 13.7. The molecule has 1 nitrogen and oxygen atoms in total. The average molecular weight is 237 g/mol. The minimum absolute atomic E-state index is 0.157. The van der Waals surface area contributed by atoms with Gasteiger partial charge >= 0.3 is 0 Å². The van der Waals surface area contributed by atoms with Crippen LogP contribution in [0.3, 0.4) is 0 Å². The fourth-order valence-corrected chi connectivity index (χ4v) is 1.82. The largest absolute Gasteiger partial charge is 0.312 e. The maximum absolute atomic E-state index is 12.7. The molecule has 1 rings (SSSR count). The highest BCUT2D eigenvalue weighted by Crippen LogP contribution is 2.12. The third-order valence-corrected chi connectivity index (χ3v) is 2.79. The first-order chi connectivity index (χ1) is 7.87. The van der Waals surface area contributed by atoms with Crippen LogP contribution in [0.2, 0.25) is 0 Å². The molecule has 2 heteroatoms. The molecule has 0 aliphatic rings. The first-order valence-corrected chi connectivity index (χ1v) is 6.36. The molecule has 0 saturated heterocycles. The fraction of sp³-hybridized carbons (Fsp3) is 0.600. The van der Waals surface area contributed by atoms with Gasteiger partial charge in [0.05, 0.1) is 0 Å². The summed E-state index contributed by atoms with van der Waals surface area (Å²) in [4.78, 5) is 0. The zero-order valence-electron chi connectivity index (χ0n) is 11.4. The highest BCUT2D eigenvalue weighted by molar-refractivity contribution is 5.16. The SMILES string of the molecule is CC(CCNC(C)(C)C)Cc1ccc(F)cc1. The molecule has 0 aliphatic carbocycles. The van der Waals surface area contributed by atoms with E-state index in [1.165, 1.54) is 17.7 Å². The zero-order valence-corrected chi connectivity index (χ0v) is 11.4. The highest BCUT2D eigenvalue weighted by Gasteiger charge is 2.09. The predicted octanol–water partition coefficient (Wildman–Crippen LogP) is 3.78.